The molecule has 2 amide bonds. The van der Waals surface area contributed by atoms with Gasteiger partial charge in [-0.1, -0.05) is 26.0 Å². The quantitative estimate of drug-likeness (QED) is 0.563. The van der Waals surface area contributed by atoms with Crippen molar-refractivity contribution in [2.75, 3.05) is 13.1 Å². The monoisotopic (exact) mass is 468 g/mol. The molecule has 0 saturated carbocycles. The number of para-hydroxylation sites is 2. The molecule has 1 aromatic carbocycles. The third-order valence-corrected chi connectivity index (χ3v) is 5.66. The van der Waals surface area contributed by atoms with E-state index in [0.29, 0.717) is 37.0 Å². The van der Waals surface area contributed by atoms with Gasteiger partial charge in [0.25, 0.3) is 11.5 Å². The molecule has 0 radical (unpaired) electrons. The number of aromatic amines is 1. The summed E-state index contributed by atoms with van der Waals surface area (Å²) in [5, 5.41) is 2.69. The number of nitrogens with one attached hydrogen (secondary N) is 2. The average molecular weight is 468 g/mol. The molecule has 11 heteroatoms. The van der Waals surface area contributed by atoms with Crippen LogP contribution in [-0.4, -0.2) is 61.9 Å². The number of ether oxygens (including phenoxy) is 1. The molecule has 0 aliphatic carbocycles. The molecule has 0 spiro atoms. The summed E-state index contributed by atoms with van der Waals surface area (Å²) in [6.45, 7) is 4.47. The van der Waals surface area contributed by atoms with Crippen LogP contribution < -0.4 is 15.6 Å². The Hall–Kier alpha value is -3.89. The Morgan fingerprint density at radius 1 is 1.18 bits per heavy atom. The molecule has 2 N–H and O–H groups in total. The van der Waals surface area contributed by atoms with Crippen molar-refractivity contribution in [2.45, 2.75) is 38.8 Å². The van der Waals surface area contributed by atoms with Crippen LogP contribution in [0.3, 0.4) is 0 Å². The van der Waals surface area contributed by atoms with Gasteiger partial charge in [-0.25, -0.2) is 19.3 Å². The lowest BCUT2D eigenvalue weighted by Gasteiger charge is -2.35. The second-order valence-electron chi connectivity index (χ2n) is 8.45. The number of rotatable bonds is 6. The zero-order valence-corrected chi connectivity index (χ0v) is 18.8. The molecule has 3 aromatic rings. The number of halogens is 1. The summed E-state index contributed by atoms with van der Waals surface area (Å²) in [4.78, 5) is 54.5. The smallest absolute Gasteiger partial charge is 0.316 e. The van der Waals surface area contributed by atoms with Crippen molar-refractivity contribution in [1.29, 1.82) is 0 Å². The van der Waals surface area contributed by atoms with Gasteiger partial charge in [-0.15, -0.1) is 0 Å². The maximum Gasteiger partial charge on any atom is 0.316 e. The first kappa shape index (κ1) is 23.3. The lowest BCUT2D eigenvalue weighted by Crippen LogP contribution is -2.54. The second-order valence-corrected chi connectivity index (χ2v) is 8.45. The molecule has 1 fully saturated rings. The van der Waals surface area contributed by atoms with E-state index in [1.807, 2.05) is 13.8 Å². The van der Waals surface area contributed by atoms with Crippen LogP contribution in [0.5, 0.6) is 6.01 Å². The maximum atomic E-state index is 13.2. The summed E-state index contributed by atoms with van der Waals surface area (Å²) in [5.41, 5.74) is 0.0965. The number of hydrogen-bond donors (Lipinski definition) is 2. The highest BCUT2D eigenvalue weighted by Crippen LogP contribution is 2.18. The van der Waals surface area contributed by atoms with Gasteiger partial charge in [-0.2, -0.15) is 0 Å². The number of likely N-dealkylation sites (tertiary alicyclic amines) is 1. The van der Waals surface area contributed by atoms with Gasteiger partial charge < -0.3 is 19.9 Å². The highest BCUT2D eigenvalue weighted by atomic mass is 19.1. The first-order valence-electron chi connectivity index (χ1n) is 11.0. The van der Waals surface area contributed by atoms with Crippen molar-refractivity contribution in [1.82, 2.24) is 30.2 Å². The predicted molar refractivity (Wildman–Crippen MR) is 121 cm³/mol. The lowest BCUT2D eigenvalue weighted by molar-refractivity contribution is -0.136. The van der Waals surface area contributed by atoms with Gasteiger partial charge in [-0.3, -0.25) is 14.4 Å². The van der Waals surface area contributed by atoms with E-state index >= 15 is 0 Å². The molecule has 2 aromatic heterocycles. The van der Waals surface area contributed by atoms with Crippen LogP contribution in [-0.2, 0) is 4.79 Å². The minimum atomic E-state index is -0.821. The molecular weight excluding hydrogens is 443 g/mol. The van der Waals surface area contributed by atoms with E-state index in [-0.39, 0.29) is 29.6 Å². The molecule has 178 valence electrons. The SMILES string of the molecule is CC(C)[C@H](NC(=O)c1nc2ccccc2[nH]c1=O)C(=O)N1CCC(Oc2ncc(F)cn2)CC1. The minimum absolute atomic E-state index is 0.0894. The zero-order chi connectivity index (χ0) is 24.2. The van der Waals surface area contributed by atoms with E-state index in [0.717, 1.165) is 12.4 Å². The fourth-order valence-corrected chi connectivity index (χ4v) is 3.81. The van der Waals surface area contributed by atoms with Crippen molar-refractivity contribution < 1.29 is 18.7 Å². The predicted octanol–water partition coefficient (Wildman–Crippen LogP) is 1.68. The number of fused-ring (bicyclic) bond motifs is 1. The average Bonchev–Trinajstić information content (AvgIpc) is 2.83. The Kier molecular flexibility index (Phi) is 6.80. The number of amides is 2. The van der Waals surface area contributed by atoms with E-state index in [1.165, 1.54) is 0 Å². The molecule has 0 unspecified atom stereocenters. The highest BCUT2D eigenvalue weighted by Gasteiger charge is 2.33. The first-order chi connectivity index (χ1) is 16.3. The Morgan fingerprint density at radius 2 is 1.85 bits per heavy atom. The normalized spacial score (nSPS) is 15.4. The summed E-state index contributed by atoms with van der Waals surface area (Å²) in [6.07, 6.45) is 2.94. The third-order valence-electron chi connectivity index (χ3n) is 5.66. The van der Waals surface area contributed by atoms with Gasteiger partial charge in [0.2, 0.25) is 5.91 Å². The Morgan fingerprint density at radius 3 is 2.53 bits per heavy atom. The van der Waals surface area contributed by atoms with Crippen LogP contribution >= 0.6 is 0 Å². The molecule has 10 nitrogen and oxygen atoms in total. The third kappa shape index (κ3) is 5.19. The van der Waals surface area contributed by atoms with Crippen LogP contribution in [0.25, 0.3) is 11.0 Å². The number of benzene rings is 1. The fourth-order valence-electron chi connectivity index (χ4n) is 3.81. The number of nitrogens with zero attached hydrogens (tertiary/aromatic N) is 4. The molecule has 1 aliphatic heterocycles. The van der Waals surface area contributed by atoms with Gasteiger partial charge in [0.05, 0.1) is 23.4 Å². The highest BCUT2D eigenvalue weighted by molar-refractivity contribution is 5.97. The molecule has 3 heterocycles. The van der Waals surface area contributed by atoms with E-state index in [1.54, 1.807) is 29.2 Å². The number of hydrogen-bond acceptors (Lipinski definition) is 7. The fraction of sp³-hybridized carbons (Fsp3) is 0.391. The zero-order valence-electron chi connectivity index (χ0n) is 18.8. The van der Waals surface area contributed by atoms with Crippen molar-refractivity contribution in [3.63, 3.8) is 0 Å². The van der Waals surface area contributed by atoms with Gasteiger partial charge in [0.15, 0.2) is 11.5 Å². The van der Waals surface area contributed by atoms with Gasteiger partial charge in [0.1, 0.15) is 12.1 Å². The minimum Gasteiger partial charge on any atom is -0.460 e. The van der Waals surface area contributed by atoms with Crippen LogP contribution in [0.15, 0.2) is 41.5 Å². The molecule has 0 bridgehead atoms. The Balaban J connectivity index is 1.40. The number of H-pyrrole nitrogens is 1. The standard InChI is InChI=1S/C23H25FN6O4/c1-13(2)18(29-21(32)19-20(31)28-17-6-4-3-5-16(17)27-19)22(33)30-9-7-15(8-10-30)34-23-25-11-14(24)12-26-23/h3-6,11-13,15,18H,7-10H2,1-2H3,(H,28,31)(H,29,32)/t18-/m0/s1. The second kappa shape index (κ2) is 9.94. The summed E-state index contributed by atoms with van der Waals surface area (Å²) < 4.78 is 18.6. The number of carbonyl (C=O) groups excluding carboxylic acids is 2. The van der Waals surface area contributed by atoms with Gasteiger partial charge in [0, 0.05) is 25.9 Å². The molecule has 1 aliphatic rings. The van der Waals surface area contributed by atoms with E-state index in [2.05, 4.69) is 25.3 Å². The van der Waals surface area contributed by atoms with Crippen LogP contribution in [0.2, 0.25) is 0 Å². The van der Waals surface area contributed by atoms with Crippen LogP contribution in [0.1, 0.15) is 37.2 Å². The largest absolute Gasteiger partial charge is 0.460 e. The van der Waals surface area contributed by atoms with Crippen LogP contribution in [0.4, 0.5) is 4.39 Å². The Labute approximate surface area is 194 Å². The summed E-state index contributed by atoms with van der Waals surface area (Å²) in [6, 6.07) is 6.17. The summed E-state index contributed by atoms with van der Waals surface area (Å²) in [5.74, 6) is -1.70. The summed E-state index contributed by atoms with van der Waals surface area (Å²) >= 11 is 0. The number of aromatic nitrogens is 4. The van der Waals surface area contributed by atoms with Crippen LogP contribution in [0, 0.1) is 11.7 Å². The van der Waals surface area contributed by atoms with Crippen molar-refractivity contribution in [3.8, 4) is 6.01 Å². The van der Waals surface area contributed by atoms with Crippen molar-refractivity contribution in [2.24, 2.45) is 5.92 Å². The molecule has 1 atom stereocenters. The van der Waals surface area contributed by atoms with E-state index in [4.69, 9.17) is 4.74 Å². The summed E-state index contributed by atoms with van der Waals surface area (Å²) in [7, 11) is 0. The number of piperidine rings is 1. The van der Waals surface area contributed by atoms with Gasteiger partial charge >= 0.3 is 6.01 Å². The van der Waals surface area contributed by atoms with Crippen molar-refractivity contribution in [3.05, 3.63) is 58.5 Å². The first-order valence-corrected chi connectivity index (χ1v) is 11.0. The number of carbonyl (C=O) groups is 2. The maximum absolute atomic E-state index is 13.2. The van der Waals surface area contributed by atoms with E-state index in [9.17, 15) is 18.8 Å². The molecule has 34 heavy (non-hydrogen) atoms. The molecule has 1 saturated heterocycles. The van der Waals surface area contributed by atoms with Crippen molar-refractivity contribution >= 4 is 22.8 Å². The topological polar surface area (TPSA) is 130 Å². The molecule has 4 rings (SSSR count). The van der Waals surface area contributed by atoms with Gasteiger partial charge in [-0.05, 0) is 18.1 Å². The Bertz CT molecular complexity index is 1240. The van der Waals surface area contributed by atoms with E-state index < -0.39 is 23.3 Å². The molecular formula is C23H25FN6O4. The lowest BCUT2D eigenvalue weighted by atomic mass is 10.00.